The van der Waals surface area contributed by atoms with Crippen LogP contribution in [0.3, 0.4) is 0 Å². The van der Waals surface area contributed by atoms with Gasteiger partial charge in [0.2, 0.25) is 0 Å². The highest BCUT2D eigenvalue weighted by Crippen LogP contribution is 2.54. The van der Waals surface area contributed by atoms with Crippen LogP contribution in [0.25, 0.3) is 0 Å². The summed E-state index contributed by atoms with van der Waals surface area (Å²) in [6.07, 6.45) is 0.858. The largest absolute Gasteiger partial charge is 0.329 e. The van der Waals surface area contributed by atoms with Gasteiger partial charge in [-0.15, -0.1) is 0 Å². The number of hydrogen-bond acceptors (Lipinski definition) is 2. The van der Waals surface area contributed by atoms with Crippen molar-refractivity contribution in [3.8, 4) is 0 Å². The average Bonchev–Trinajstić information content (AvgIpc) is 2.71. The van der Waals surface area contributed by atoms with Crippen molar-refractivity contribution in [3.05, 3.63) is 31.6 Å². The molecule has 4 nitrogen and oxygen atoms in total. The summed E-state index contributed by atoms with van der Waals surface area (Å²) in [6, 6.07) is 0.00437. The van der Waals surface area contributed by atoms with Gasteiger partial charge in [-0.05, 0) is 18.8 Å². The zero-order valence-corrected chi connectivity index (χ0v) is 9.68. The van der Waals surface area contributed by atoms with E-state index in [0.717, 1.165) is 6.42 Å². The molecular formula is C10H13ClN2O2. The van der Waals surface area contributed by atoms with E-state index in [0.29, 0.717) is 5.56 Å². The SMILES string of the molecule is Cc1c(Cl)[nH]c(=O)n(C2CC2(C)C)c1=O. The Kier molecular flexibility index (Phi) is 2.08. The number of hydrogen-bond donors (Lipinski definition) is 1. The number of rotatable bonds is 1. The van der Waals surface area contributed by atoms with E-state index in [1.165, 1.54) is 4.57 Å². The Bertz CT molecular complexity index is 527. The second kappa shape index (κ2) is 2.98. The Labute approximate surface area is 91.9 Å². The first-order chi connectivity index (χ1) is 6.84. The lowest BCUT2D eigenvalue weighted by atomic mass is 10.2. The first kappa shape index (κ1) is 10.5. The summed E-state index contributed by atoms with van der Waals surface area (Å²) in [5.41, 5.74) is -0.249. The topological polar surface area (TPSA) is 54.9 Å². The highest BCUT2D eigenvalue weighted by Gasteiger charge is 2.48. The van der Waals surface area contributed by atoms with Crippen LogP contribution in [0.1, 0.15) is 31.9 Å². The summed E-state index contributed by atoms with van der Waals surface area (Å²) >= 11 is 5.72. The molecule has 1 aromatic rings. The van der Waals surface area contributed by atoms with Gasteiger partial charge in [-0.25, -0.2) is 4.79 Å². The molecule has 1 N–H and O–H groups in total. The second-order valence-corrected chi connectivity index (χ2v) is 5.13. The third-order valence-corrected chi connectivity index (χ3v) is 3.46. The van der Waals surface area contributed by atoms with Crippen LogP contribution in [0.15, 0.2) is 9.59 Å². The van der Waals surface area contributed by atoms with E-state index in [2.05, 4.69) is 4.98 Å². The van der Waals surface area contributed by atoms with Crippen LogP contribution >= 0.6 is 11.6 Å². The maximum absolute atomic E-state index is 11.8. The third-order valence-electron chi connectivity index (χ3n) is 3.08. The fraction of sp³-hybridized carbons (Fsp3) is 0.600. The van der Waals surface area contributed by atoms with Gasteiger partial charge in [0.1, 0.15) is 5.15 Å². The van der Waals surface area contributed by atoms with Crippen LogP contribution in [0.5, 0.6) is 0 Å². The van der Waals surface area contributed by atoms with Crippen molar-refractivity contribution in [1.29, 1.82) is 0 Å². The van der Waals surface area contributed by atoms with Gasteiger partial charge in [-0.3, -0.25) is 14.3 Å². The molecule has 0 aliphatic heterocycles. The van der Waals surface area contributed by atoms with E-state index in [4.69, 9.17) is 11.6 Å². The summed E-state index contributed by atoms with van der Waals surface area (Å²) < 4.78 is 1.28. The highest BCUT2D eigenvalue weighted by molar-refractivity contribution is 6.30. The number of nitrogens with zero attached hydrogens (tertiary/aromatic N) is 1. The first-order valence-electron chi connectivity index (χ1n) is 4.85. The van der Waals surface area contributed by atoms with Crippen molar-refractivity contribution in [2.24, 2.45) is 5.41 Å². The standard InChI is InChI=1S/C10H13ClN2O2/c1-5-7(11)12-9(15)13(8(5)14)6-4-10(6,2)3/h6H,4H2,1-3H3,(H,12,15). The Morgan fingerprint density at radius 3 is 2.47 bits per heavy atom. The lowest BCUT2D eigenvalue weighted by Crippen LogP contribution is -2.36. The molecule has 1 aromatic heterocycles. The molecule has 0 bridgehead atoms. The monoisotopic (exact) mass is 228 g/mol. The maximum atomic E-state index is 11.8. The van der Waals surface area contributed by atoms with E-state index in [9.17, 15) is 9.59 Å². The molecule has 5 heteroatoms. The van der Waals surface area contributed by atoms with Crippen molar-refractivity contribution in [1.82, 2.24) is 9.55 Å². The summed E-state index contributed by atoms with van der Waals surface area (Å²) in [5.74, 6) is 0. The Hall–Kier alpha value is -1.03. The number of aromatic amines is 1. The Balaban J connectivity index is 2.64. The fourth-order valence-electron chi connectivity index (χ4n) is 1.78. The molecule has 1 atom stereocenters. The van der Waals surface area contributed by atoms with Crippen molar-refractivity contribution < 1.29 is 0 Å². The second-order valence-electron chi connectivity index (χ2n) is 4.75. The Morgan fingerprint density at radius 2 is 2.00 bits per heavy atom. The van der Waals surface area contributed by atoms with Gasteiger partial charge in [0.25, 0.3) is 5.56 Å². The maximum Gasteiger partial charge on any atom is 0.329 e. The van der Waals surface area contributed by atoms with Crippen LogP contribution in [0.4, 0.5) is 0 Å². The molecule has 82 valence electrons. The molecule has 0 radical (unpaired) electrons. The van der Waals surface area contributed by atoms with Crippen molar-refractivity contribution in [2.75, 3.05) is 0 Å². The molecule has 0 aromatic carbocycles. The quantitative estimate of drug-likeness (QED) is 0.740. The van der Waals surface area contributed by atoms with Gasteiger partial charge in [0.05, 0.1) is 0 Å². The smallest absolute Gasteiger partial charge is 0.297 e. The van der Waals surface area contributed by atoms with Gasteiger partial charge in [-0.2, -0.15) is 0 Å². The van der Waals surface area contributed by atoms with Crippen LogP contribution in [0, 0.1) is 12.3 Å². The molecule has 1 saturated carbocycles. The van der Waals surface area contributed by atoms with E-state index < -0.39 is 5.69 Å². The minimum atomic E-state index is -0.411. The normalized spacial score (nSPS) is 22.8. The highest BCUT2D eigenvalue weighted by atomic mass is 35.5. The van der Waals surface area contributed by atoms with Gasteiger partial charge >= 0.3 is 5.69 Å². The van der Waals surface area contributed by atoms with Crippen molar-refractivity contribution >= 4 is 11.6 Å². The molecule has 1 aliphatic rings. The zero-order valence-electron chi connectivity index (χ0n) is 8.93. The molecule has 15 heavy (non-hydrogen) atoms. The lowest BCUT2D eigenvalue weighted by Gasteiger charge is -2.07. The summed E-state index contributed by atoms with van der Waals surface area (Å²) in [5, 5.41) is 0.139. The van der Waals surface area contributed by atoms with Gasteiger partial charge in [0.15, 0.2) is 0 Å². The molecule has 1 aliphatic carbocycles. The van der Waals surface area contributed by atoms with Crippen LogP contribution < -0.4 is 11.2 Å². The molecule has 1 fully saturated rings. The number of halogens is 1. The fourth-order valence-corrected chi connectivity index (χ4v) is 1.94. The molecule has 0 spiro atoms. The molecule has 1 heterocycles. The first-order valence-corrected chi connectivity index (χ1v) is 5.23. The predicted molar refractivity (Wildman–Crippen MR) is 58.5 cm³/mol. The van der Waals surface area contributed by atoms with Crippen LogP contribution in [0.2, 0.25) is 5.15 Å². The molecule has 0 amide bonds. The molecule has 2 rings (SSSR count). The van der Waals surface area contributed by atoms with E-state index in [-0.39, 0.29) is 22.2 Å². The van der Waals surface area contributed by atoms with Crippen LogP contribution in [-0.4, -0.2) is 9.55 Å². The lowest BCUT2D eigenvalue weighted by molar-refractivity contribution is 0.511. The molecule has 0 saturated heterocycles. The number of aromatic nitrogens is 2. The zero-order chi connectivity index (χ0) is 11.4. The van der Waals surface area contributed by atoms with Crippen LogP contribution in [-0.2, 0) is 0 Å². The van der Waals surface area contributed by atoms with Gasteiger partial charge in [0, 0.05) is 11.6 Å². The van der Waals surface area contributed by atoms with Crippen molar-refractivity contribution in [3.63, 3.8) is 0 Å². The van der Waals surface area contributed by atoms with Gasteiger partial charge in [-0.1, -0.05) is 25.4 Å². The minimum Gasteiger partial charge on any atom is -0.297 e. The number of nitrogens with one attached hydrogen (secondary N) is 1. The summed E-state index contributed by atoms with van der Waals surface area (Å²) in [7, 11) is 0. The van der Waals surface area contributed by atoms with Gasteiger partial charge < -0.3 is 0 Å². The molecular weight excluding hydrogens is 216 g/mol. The van der Waals surface area contributed by atoms with E-state index in [1.54, 1.807) is 6.92 Å². The third kappa shape index (κ3) is 1.53. The predicted octanol–water partition coefficient (Wildman–Crippen LogP) is 1.47. The number of H-pyrrole nitrogens is 1. The molecule has 1 unspecified atom stereocenters. The summed E-state index contributed by atoms with van der Waals surface area (Å²) in [4.78, 5) is 25.9. The van der Waals surface area contributed by atoms with E-state index >= 15 is 0 Å². The minimum absolute atomic E-state index is 0.00437. The van der Waals surface area contributed by atoms with Crippen molar-refractivity contribution in [2.45, 2.75) is 33.2 Å². The summed E-state index contributed by atoms with van der Waals surface area (Å²) in [6.45, 7) is 5.69. The Morgan fingerprint density at radius 1 is 1.47 bits per heavy atom. The average molecular weight is 229 g/mol. The van der Waals surface area contributed by atoms with E-state index in [1.807, 2.05) is 13.8 Å².